The van der Waals surface area contributed by atoms with Gasteiger partial charge in [0.1, 0.15) is 11.2 Å². The number of hydrogen-bond acceptors (Lipinski definition) is 2. The lowest BCUT2D eigenvalue weighted by atomic mass is 9.97. The summed E-state index contributed by atoms with van der Waals surface area (Å²) in [4.78, 5) is 0. The number of aromatic nitrogens is 2. The van der Waals surface area contributed by atoms with Gasteiger partial charge in [0.2, 0.25) is 0 Å². The third kappa shape index (κ3) is 3.23. The molecule has 0 amide bonds. The first-order chi connectivity index (χ1) is 25.8. The maximum absolute atomic E-state index is 6.74. The number of nitrogens with zero attached hydrogens (tertiary/aromatic N) is 2. The lowest BCUT2D eigenvalue weighted by Crippen LogP contribution is -1.92. The van der Waals surface area contributed by atoms with Crippen LogP contribution in [-0.4, -0.2) is 8.97 Å². The molecule has 0 bridgehead atoms. The lowest BCUT2D eigenvalue weighted by Gasteiger charge is -2.08. The van der Waals surface area contributed by atoms with Gasteiger partial charge in [-0.05, 0) is 77.9 Å². The molecular weight excluding hydrogens is 637 g/mol. The molecule has 240 valence electrons. The van der Waals surface area contributed by atoms with Crippen molar-refractivity contribution in [2.24, 2.45) is 0 Å². The third-order valence-electron chi connectivity index (χ3n) is 11.4. The van der Waals surface area contributed by atoms with Gasteiger partial charge in [-0.2, -0.15) is 0 Å². The fourth-order valence-corrected chi connectivity index (χ4v) is 9.22. The van der Waals surface area contributed by atoms with Gasteiger partial charge in [0.15, 0.2) is 11.2 Å². The van der Waals surface area contributed by atoms with Crippen molar-refractivity contribution in [3.05, 3.63) is 158 Å². The molecule has 0 saturated heterocycles. The molecule has 4 nitrogen and oxygen atoms in total. The van der Waals surface area contributed by atoms with Crippen LogP contribution >= 0.6 is 0 Å². The smallest absolute Gasteiger partial charge is 0.160 e. The number of benzene rings is 8. The number of rotatable bonds is 2. The van der Waals surface area contributed by atoms with E-state index in [4.69, 9.17) is 8.83 Å². The summed E-state index contributed by atoms with van der Waals surface area (Å²) in [6.07, 6.45) is 0. The lowest BCUT2D eigenvalue weighted by molar-refractivity contribution is 0.670. The molecule has 13 rings (SSSR count). The van der Waals surface area contributed by atoms with Gasteiger partial charge in [0, 0.05) is 59.5 Å². The largest absolute Gasteiger partial charge is 0.454 e. The fourth-order valence-electron chi connectivity index (χ4n) is 9.22. The molecule has 0 unspecified atom stereocenters. The van der Waals surface area contributed by atoms with Crippen LogP contribution in [0.3, 0.4) is 0 Å². The second-order valence-corrected chi connectivity index (χ2v) is 14.0. The Morgan fingerprint density at radius 1 is 0.327 bits per heavy atom. The molecule has 4 heteroatoms. The van der Waals surface area contributed by atoms with E-state index < -0.39 is 0 Å². The van der Waals surface area contributed by atoms with Gasteiger partial charge in [-0.1, -0.05) is 91.0 Å². The zero-order chi connectivity index (χ0) is 33.7. The average molecular weight is 663 g/mol. The number of para-hydroxylation sites is 4. The molecule has 0 N–H and O–H groups in total. The molecule has 5 aromatic heterocycles. The van der Waals surface area contributed by atoms with Gasteiger partial charge in [0.25, 0.3) is 0 Å². The highest BCUT2D eigenvalue weighted by Crippen LogP contribution is 2.48. The summed E-state index contributed by atoms with van der Waals surface area (Å²) in [5, 5.41) is 11.7. The fraction of sp³-hybridized carbons (Fsp3) is 0. The first-order valence-corrected chi connectivity index (χ1v) is 17.8. The Labute approximate surface area is 295 Å². The topological polar surface area (TPSA) is 35.6 Å². The Kier molecular flexibility index (Phi) is 4.83. The summed E-state index contributed by atoms with van der Waals surface area (Å²) < 4.78 is 18.3. The quantitative estimate of drug-likeness (QED) is 0.185. The molecule has 0 aliphatic heterocycles. The summed E-state index contributed by atoms with van der Waals surface area (Å²) in [5.41, 5.74) is 12.9. The molecule has 0 aliphatic rings. The highest BCUT2D eigenvalue weighted by atomic mass is 16.3. The molecule has 5 heterocycles. The Morgan fingerprint density at radius 2 is 0.846 bits per heavy atom. The van der Waals surface area contributed by atoms with Crippen LogP contribution in [0.4, 0.5) is 0 Å². The van der Waals surface area contributed by atoms with E-state index in [0.717, 1.165) is 60.6 Å². The van der Waals surface area contributed by atoms with E-state index in [1.54, 1.807) is 0 Å². The van der Waals surface area contributed by atoms with Crippen LogP contribution in [0.5, 0.6) is 0 Å². The third-order valence-corrected chi connectivity index (χ3v) is 11.4. The highest BCUT2D eigenvalue weighted by molar-refractivity contribution is 6.32. The van der Waals surface area contributed by atoms with Crippen molar-refractivity contribution in [3.8, 4) is 16.8 Å². The van der Waals surface area contributed by atoms with E-state index in [0.29, 0.717) is 0 Å². The van der Waals surface area contributed by atoms with Gasteiger partial charge in [-0.3, -0.25) is 0 Å². The second-order valence-electron chi connectivity index (χ2n) is 14.0. The standard InChI is InChI=1S/C48H26N2O2/c1-2-10-29(11-3-1)49-40-15-7-4-12-30(40)37-24-27(18-23-41(37)49)28-25-38-33-19-21-35-31-13-5-8-16-42(31)51-47(35)45(33)50-44(38)39(26-28)34-20-22-36-32-14-6-9-17-43(32)52-48(36)46(34)50/h1-26H. The minimum atomic E-state index is 0.895. The minimum absolute atomic E-state index is 0.895. The van der Waals surface area contributed by atoms with E-state index in [2.05, 4.69) is 155 Å². The second kappa shape index (κ2) is 9.39. The predicted molar refractivity (Wildman–Crippen MR) is 215 cm³/mol. The summed E-state index contributed by atoms with van der Waals surface area (Å²) in [6.45, 7) is 0. The molecule has 8 aromatic carbocycles. The van der Waals surface area contributed by atoms with Crippen LogP contribution in [-0.2, 0) is 0 Å². The number of fused-ring (bicyclic) bond motifs is 17. The summed E-state index contributed by atoms with van der Waals surface area (Å²) in [7, 11) is 0. The Morgan fingerprint density at radius 3 is 1.50 bits per heavy atom. The van der Waals surface area contributed by atoms with Crippen molar-refractivity contribution < 1.29 is 8.83 Å². The van der Waals surface area contributed by atoms with Crippen molar-refractivity contribution >= 4 is 104 Å². The predicted octanol–water partition coefficient (Wildman–Crippen LogP) is 13.4. The number of hydrogen-bond donors (Lipinski definition) is 0. The van der Waals surface area contributed by atoms with E-state index in [-0.39, 0.29) is 0 Å². The summed E-state index contributed by atoms with van der Waals surface area (Å²) in [6, 6.07) is 56.8. The molecule has 52 heavy (non-hydrogen) atoms. The molecule has 0 radical (unpaired) electrons. The van der Waals surface area contributed by atoms with Crippen LogP contribution in [0.2, 0.25) is 0 Å². The summed E-state index contributed by atoms with van der Waals surface area (Å²) >= 11 is 0. The molecule has 0 fully saturated rings. The average Bonchev–Trinajstić information content (AvgIpc) is 4.00. The van der Waals surface area contributed by atoms with Crippen molar-refractivity contribution in [2.75, 3.05) is 0 Å². The van der Waals surface area contributed by atoms with Crippen molar-refractivity contribution in [2.45, 2.75) is 0 Å². The van der Waals surface area contributed by atoms with E-state index in [1.807, 2.05) is 12.1 Å². The normalized spacial score (nSPS) is 12.6. The summed E-state index contributed by atoms with van der Waals surface area (Å²) in [5.74, 6) is 0. The van der Waals surface area contributed by atoms with Gasteiger partial charge in [0.05, 0.1) is 27.6 Å². The van der Waals surface area contributed by atoms with Crippen LogP contribution in [0, 0.1) is 0 Å². The molecule has 0 saturated carbocycles. The minimum Gasteiger partial charge on any atom is -0.454 e. The SMILES string of the molecule is c1ccc(-n2c3ccccc3c3cc(-c4cc5c6ccc7c8ccccc8oc7c6n6c5c(c4)c4ccc5c7ccccc7oc5c46)ccc32)cc1. The Bertz CT molecular complexity index is 3470. The van der Waals surface area contributed by atoms with Gasteiger partial charge < -0.3 is 17.8 Å². The first kappa shape index (κ1) is 26.8. The molecular formula is C48H26N2O2. The number of furan rings is 2. The van der Waals surface area contributed by atoms with Gasteiger partial charge in [-0.25, -0.2) is 0 Å². The Balaban J connectivity index is 1.18. The zero-order valence-electron chi connectivity index (χ0n) is 27.7. The van der Waals surface area contributed by atoms with Crippen molar-refractivity contribution in [3.63, 3.8) is 0 Å². The van der Waals surface area contributed by atoms with E-state index in [1.165, 1.54) is 60.0 Å². The molecule has 0 atom stereocenters. The monoisotopic (exact) mass is 662 g/mol. The molecule has 0 aliphatic carbocycles. The maximum Gasteiger partial charge on any atom is 0.160 e. The Hall–Kier alpha value is -7.04. The van der Waals surface area contributed by atoms with Crippen LogP contribution in [0.1, 0.15) is 0 Å². The van der Waals surface area contributed by atoms with Crippen LogP contribution in [0.25, 0.3) is 121 Å². The van der Waals surface area contributed by atoms with Gasteiger partial charge >= 0.3 is 0 Å². The molecule has 13 aromatic rings. The first-order valence-electron chi connectivity index (χ1n) is 17.8. The van der Waals surface area contributed by atoms with E-state index in [9.17, 15) is 0 Å². The van der Waals surface area contributed by atoms with Crippen LogP contribution in [0.15, 0.2) is 167 Å². The zero-order valence-corrected chi connectivity index (χ0v) is 27.7. The van der Waals surface area contributed by atoms with Crippen molar-refractivity contribution in [1.29, 1.82) is 0 Å². The molecule has 0 spiro atoms. The van der Waals surface area contributed by atoms with Crippen molar-refractivity contribution in [1.82, 2.24) is 8.97 Å². The van der Waals surface area contributed by atoms with Crippen LogP contribution < -0.4 is 0 Å². The van der Waals surface area contributed by atoms with Gasteiger partial charge in [-0.15, -0.1) is 0 Å². The highest BCUT2D eigenvalue weighted by Gasteiger charge is 2.25. The van der Waals surface area contributed by atoms with E-state index >= 15 is 0 Å². The maximum atomic E-state index is 6.74.